The molecule has 3 nitrogen and oxygen atoms in total. The van der Waals surface area contributed by atoms with Crippen molar-refractivity contribution < 1.29 is 14.2 Å². The van der Waals surface area contributed by atoms with Crippen LogP contribution in [0.5, 0.6) is 11.5 Å². The maximum atomic E-state index is 6.44. The smallest absolute Gasteiger partial charge is 0.162 e. The van der Waals surface area contributed by atoms with E-state index in [2.05, 4.69) is 22.9 Å². The molecule has 1 aromatic rings. The van der Waals surface area contributed by atoms with E-state index in [0.29, 0.717) is 29.9 Å². The van der Waals surface area contributed by atoms with Crippen LogP contribution >= 0.6 is 27.5 Å². The summed E-state index contributed by atoms with van der Waals surface area (Å²) in [4.78, 5) is 0.0531. The highest BCUT2D eigenvalue weighted by Crippen LogP contribution is 2.43. The summed E-state index contributed by atoms with van der Waals surface area (Å²) in [5.74, 6) is 1.93. The Labute approximate surface area is 140 Å². The number of ether oxygens (including phenoxy) is 3. The van der Waals surface area contributed by atoms with E-state index < -0.39 is 0 Å². The number of benzene rings is 1. The summed E-state index contributed by atoms with van der Waals surface area (Å²) >= 11 is 10.2. The highest BCUT2D eigenvalue weighted by atomic mass is 79.9. The molecule has 5 heteroatoms. The lowest BCUT2D eigenvalue weighted by atomic mass is 9.97. The van der Waals surface area contributed by atoms with Gasteiger partial charge in [0.15, 0.2) is 11.5 Å². The Hall–Kier alpha value is -0.450. The lowest BCUT2D eigenvalue weighted by Crippen LogP contribution is -2.19. The minimum atomic E-state index is 0.0531. The van der Waals surface area contributed by atoms with Crippen LogP contribution in [0.4, 0.5) is 0 Å². The number of alkyl halides is 1. The zero-order chi connectivity index (χ0) is 15.4. The molecule has 0 radical (unpaired) electrons. The van der Waals surface area contributed by atoms with Gasteiger partial charge in [-0.15, -0.1) is 0 Å². The maximum Gasteiger partial charge on any atom is 0.162 e. The molecule has 1 heterocycles. The van der Waals surface area contributed by atoms with E-state index in [1.54, 1.807) is 0 Å². The summed E-state index contributed by atoms with van der Waals surface area (Å²) in [5.41, 5.74) is 0.988. The zero-order valence-corrected chi connectivity index (χ0v) is 15.0. The summed E-state index contributed by atoms with van der Waals surface area (Å²) < 4.78 is 17.1. The van der Waals surface area contributed by atoms with Crippen molar-refractivity contribution in [2.24, 2.45) is 5.92 Å². The standard InChI is InChI=1S/C16H22BrClO3/c1-4-19-13-8-11(12(18)9-14(13)20-5-2)15(17)16-10(3)6-7-21-16/h8-10,15-16H,4-7H2,1-3H3. The third-order valence-electron chi connectivity index (χ3n) is 3.69. The van der Waals surface area contributed by atoms with Crippen LogP contribution in [0.15, 0.2) is 12.1 Å². The first-order chi connectivity index (χ1) is 10.1. The van der Waals surface area contributed by atoms with Crippen molar-refractivity contribution in [2.45, 2.75) is 38.1 Å². The molecule has 0 bridgehead atoms. The first kappa shape index (κ1) is 16.9. The highest BCUT2D eigenvalue weighted by molar-refractivity contribution is 9.09. The van der Waals surface area contributed by atoms with Crippen LogP contribution in [0.2, 0.25) is 5.02 Å². The van der Waals surface area contributed by atoms with E-state index >= 15 is 0 Å². The van der Waals surface area contributed by atoms with Gasteiger partial charge in [0.05, 0.1) is 24.1 Å². The Balaban J connectivity index is 2.31. The summed E-state index contributed by atoms with van der Waals surface area (Å²) in [7, 11) is 0. The summed E-state index contributed by atoms with van der Waals surface area (Å²) in [6.45, 7) is 8.08. The minimum Gasteiger partial charge on any atom is -0.490 e. The number of rotatable bonds is 6. The quantitative estimate of drug-likeness (QED) is 0.653. The molecular formula is C16H22BrClO3. The lowest BCUT2D eigenvalue weighted by Gasteiger charge is -2.23. The fraction of sp³-hybridized carbons (Fsp3) is 0.625. The molecule has 1 fully saturated rings. The first-order valence-corrected chi connectivity index (χ1v) is 8.72. The van der Waals surface area contributed by atoms with Crippen molar-refractivity contribution in [3.8, 4) is 11.5 Å². The Morgan fingerprint density at radius 1 is 1.29 bits per heavy atom. The van der Waals surface area contributed by atoms with Crippen LogP contribution in [-0.2, 0) is 4.74 Å². The Bertz CT molecular complexity index is 481. The van der Waals surface area contributed by atoms with E-state index in [-0.39, 0.29) is 10.9 Å². The molecular weight excluding hydrogens is 356 g/mol. The van der Waals surface area contributed by atoms with Crippen LogP contribution in [0.3, 0.4) is 0 Å². The lowest BCUT2D eigenvalue weighted by molar-refractivity contribution is 0.0934. The fourth-order valence-electron chi connectivity index (χ4n) is 2.57. The van der Waals surface area contributed by atoms with E-state index in [4.69, 9.17) is 25.8 Å². The first-order valence-electron chi connectivity index (χ1n) is 7.43. The maximum absolute atomic E-state index is 6.44. The van der Waals surface area contributed by atoms with Gasteiger partial charge in [0, 0.05) is 17.7 Å². The van der Waals surface area contributed by atoms with Crippen molar-refractivity contribution in [1.82, 2.24) is 0 Å². The van der Waals surface area contributed by atoms with Gasteiger partial charge in [-0.05, 0) is 37.8 Å². The average Bonchev–Trinajstić information content (AvgIpc) is 2.87. The van der Waals surface area contributed by atoms with Crippen molar-refractivity contribution in [3.05, 3.63) is 22.7 Å². The Morgan fingerprint density at radius 3 is 2.43 bits per heavy atom. The second-order valence-corrected chi connectivity index (χ2v) is 6.58. The van der Waals surface area contributed by atoms with E-state index in [1.165, 1.54) is 0 Å². The number of hydrogen-bond acceptors (Lipinski definition) is 3. The molecule has 2 rings (SSSR count). The van der Waals surface area contributed by atoms with E-state index in [9.17, 15) is 0 Å². The molecule has 0 aromatic heterocycles. The molecule has 1 aliphatic rings. The van der Waals surface area contributed by atoms with Gasteiger partial charge in [0.2, 0.25) is 0 Å². The van der Waals surface area contributed by atoms with Crippen molar-refractivity contribution in [2.75, 3.05) is 19.8 Å². The monoisotopic (exact) mass is 376 g/mol. The molecule has 0 aliphatic carbocycles. The molecule has 0 N–H and O–H groups in total. The second-order valence-electron chi connectivity index (χ2n) is 5.19. The Morgan fingerprint density at radius 2 is 1.90 bits per heavy atom. The van der Waals surface area contributed by atoms with Crippen LogP contribution in [0, 0.1) is 5.92 Å². The van der Waals surface area contributed by atoms with Crippen molar-refractivity contribution in [3.63, 3.8) is 0 Å². The van der Waals surface area contributed by atoms with Gasteiger partial charge in [0.25, 0.3) is 0 Å². The van der Waals surface area contributed by atoms with Crippen LogP contribution in [-0.4, -0.2) is 25.9 Å². The van der Waals surface area contributed by atoms with Crippen LogP contribution < -0.4 is 9.47 Å². The van der Waals surface area contributed by atoms with E-state index in [0.717, 1.165) is 24.3 Å². The van der Waals surface area contributed by atoms with Gasteiger partial charge in [0.1, 0.15) is 0 Å². The highest BCUT2D eigenvalue weighted by Gasteiger charge is 2.33. The zero-order valence-electron chi connectivity index (χ0n) is 12.7. The molecule has 1 saturated heterocycles. The summed E-state index contributed by atoms with van der Waals surface area (Å²) in [5, 5.41) is 0.673. The SMILES string of the molecule is CCOc1cc(Cl)c(C(Br)C2OCCC2C)cc1OCC. The third-order valence-corrected chi connectivity index (χ3v) is 5.03. The van der Waals surface area contributed by atoms with Gasteiger partial charge in [-0.1, -0.05) is 34.5 Å². The molecule has 3 unspecified atom stereocenters. The van der Waals surface area contributed by atoms with E-state index in [1.807, 2.05) is 26.0 Å². The minimum absolute atomic E-state index is 0.0531. The molecule has 1 aromatic carbocycles. The molecule has 118 valence electrons. The topological polar surface area (TPSA) is 27.7 Å². The second kappa shape index (κ2) is 7.70. The van der Waals surface area contributed by atoms with Gasteiger partial charge >= 0.3 is 0 Å². The third kappa shape index (κ3) is 3.85. The molecule has 0 amide bonds. The summed E-state index contributed by atoms with van der Waals surface area (Å²) in [6, 6.07) is 3.80. The normalized spacial score (nSPS) is 23.1. The average molecular weight is 378 g/mol. The fourth-order valence-corrected chi connectivity index (χ4v) is 4.02. The van der Waals surface area contributed by atoms with Gasteiger partial charge < -0.3 is 14.2 Å². The van der Waals surface area contributed by atoms with Crippen molar-refractivity contribution in [1.29, 1.82) is 0 Å². The largest absolute Gasteiger partial charge is 0.490 e. The van der Waals surface area contributed by atoms with Gasteiger partial charge in [-0.3, -0.25) is 0 Å². The van der Waals surface area contributed by atoms with Gasteiger partial charge in [-0.25, -0.2) is 0 Å². The molecule has 21 heavy (non-hydrogen) atoms. The van der Waals surface area contributed by atoms with Gasteiger partial charge in [-0.2, -0.15) is 0 Å². The summed E-state index contributed by atoms with van der Waals surface area (Å²) in [6.07, 6.45) is 1.22. The number of halogens is 2. The predicted octanol–water partition coefficient (Wildman–Crippen LogP) is 5.00. The van der Waals surface area contributed by atoms with Crippen molar-refractivity contribution >= 4 is 27.5 Å². The molecule has 0 spiro atoms. The van der Waals surface area contributed by atoms with Crippen LogP contribution in [0.25, 0.3) is 0 Å². The van der Waals surface area contributed by atoms with Crippen LogP contribution in [0.1, 0.15) is 37.6 Å². The Kier molecular flexibility index (Phi) is 6.20. The molecule has 1 aliphatic heterocycles. The molecule has 0 saturated carbocycles. The molecule has 3 atom stereocenters. The number of hydrogen-bond donors (Lipinski definition) is 0. The predicted molar refractivity (Wildman–Crippen MR) is 89.0 cm³/mol.